The fourth-order valence-corrected chi connectivity index (χ4v) is 5.48. The summed E-state index contributed by atoms with van der Waals surface area (Å²) in [6.45, 7) is 0. The molecule has 0 spiro atoms. The van der Waals surface area contributed by atoms with Gasteiger partial charge >= 0.3 is 0 Å². The van der Waals surface area contributed by atoms with Crippen LogP contribution in [0.1, 0.15) is 5.56 Å². The van der Waals surface area contributed by atoms with E-state index in [1.807, 2.05) is 30.3 Å². The average molecular weight is 385 g/mol. The highest BCUT2D eigenvalue weighted by atomic mass is 35.5. The van der Waals surface area contributed by atoms with Gasteiger partial charge in [-0.1, -0.05) is 53.5 Å². The van der Waals surface area contributed by atoms with Crippen LogP contribution < -0.4 is 4.72 Å². The lowest BCUT2D eigenvalue weighted by Crippen LogP contribution is -2.37. The highest BCUT2D eigenvalue weighted by Gasteiger charge is 2.24. The molecule has 0 aliphatic heterocycles. The third-order valence-corrected chi connectivity index (χ3v) is 6.39. The maximum Gasteiger partial charge on any atom is 0.243 e. The van der Waals surface area contributed by atoms with Gasteiger partial charge in [-0.2, -0.15) is 0 Å². The number of rotatable bonds is 6. The number of benzene rings is 1. The van der Waals surface area contributed by atoms with Crippen molar-refractivity contribution in [1.29, 1.82) is 0 Å². The van der Waals surface area contributed by atoms with Crippen LogP contribution in [0, 0.1) is 0 Å². The zero-order valence-electron chi connectivity index (χ0n) is 10.7. The first-order valence-corrected chi connectivity index (χ1v) is 9.58. The summed E-state index contributed by atoms with van der Waals surface area (Å²) < 4.78 is 27.7. The molecule has 1 N–H and O–H groups in total. The van der Waals surface area contributed by atoms with Gasteiger partial charge in [-0.25, -0.2) is 13.1 Å². The molecule has 114 valence electrons. The zero-order valence-corrected chi connectivity index (χ0v) is 14.6. The summed E-state index contributed by atoms with van der Waals surface area (Å²) >= 11 is 18.6. The Bertz CT molecular complexity index is 701. The van der Waals surface area contributed by atoms with Crippen molar-refractivity contribution in [2.45, 2.75) is 17.4 Å². The number of sulfonamides is 1. The molecule has 0 saturated carbocycles. The highest BCUT2D eigenvalue weighted by Crippen LogP contribution is 2.34. The Morgan fingerprint density at radius 1 is 1.19 bits per heavy atom. The molecule has 0 amide bonds. The van der Waals surface area contributed by atoms with E-state index in [0.717, 1.165) is 16.9 Å². The van der Waals surface area contributed by atoms with Gasteiger partial charge in [0.2, 0.25) is 10.0 Å². The number of nitrogens with one attached hydrogen (secondary N) is 1. The van der Waals surface area contributed by atoms with E-state index in [2.05, 4.69) is 4.72 Å². The van der Waals surface area contributed by atoms with Crippen LogP contribution in [0.4, 0.5) is 0 Å². The van der Waals surface area contributed by atoms with Crippen molar-refractivity contribution in [2.24, 2.45) is 0 Å². The van der Waals surface area contributed by atoms with Crippen molar-refractivity contribution in [2.75, 3.05) is 5.88 Å². The van der Waals surface area contributed by atoms with Crippen LogP contribution in [0.3, 0.4) is 0 Å². The summed E-state index contributed by atoms with van der Waals surface area (Å²) in [6, 6.07) is 10.4. The van der Waals surface area contributed by atoms with E-state index in [1.54, 1.807) is 0 Å². The van der Waals surface area contributed by atoms with Crippen LogP contribution in [-0.2, 0) is 16.4 Å². The molecule has 0 aliphatic carbocycles. The molecule has 1 unspecified atom stereocenters. The Labute approximate surface area is 142 Å². The minimum Gasteiger partial charge on any atom is -0.207 e. The van der Waals surface area contributed by atoms with E-state index in [0.29, 0.717) is 10.8 Å². The second-order valence-corrected chi connectivity index (χ2v) is 8.63. The summed E-state index contributed by atoms with van der Waals surface area (Å²) in [5.41, 5.74) is 1.00. The van der Waals surface area contributed by atoms with Crippen molar-refractivity contribution in [3.63, 3.8) is 0 Å². The summed E-state index contributed by atoms with van der Waals surface area (Å²) in [5.74, 6) is 0.156. The van der Waals surface area contributed by atoms with Gasteiger partial charge < -0.3 is 0 Å². The predicted molar refractivity (Wildman–Crippen MR) is 89.3 cm³/mol. The van der Waals surface area contributed by atoms with Gasteiger partial charge in [-0.15, -0.1) is 22.9 Å². The molecule has 21 heavy (non-hydrogen) atoms. The normalized spacial score (nSPS) is 13.3. The summed E-state index contributed by atoms with van der Waals surface area (Å²) in [5, 5.41) is 0. The zero-order chi connectivity index (χ0) is 15.5. The fourth-order valence-electron chi connectivity index (χ4n) is 1.82. The van der Waals surface area contributed by atoms with E-state index in [1.165, 1.54) is 6.07 Å². The van der Waals surface area contributed by atoms with E-state index in [4.69, 9.17) is 34.8 Å². The summed E-state index contributed by atoms with van der Waals surface area (Å²) in [7, 11) is -3.74. The minimum atomic E-state index is -3.74. The Morgan fingerprint density at radius 2 is 1.86 bits per heavy atom. The van der Waals surface area contributed by atoms with E-state index < -0.39 is 16.1 Å². The number of alkyl halides is 1. The van der Waals surface area contributed by atoms with E-state index >= 15 is 0 Å². The molecule has 1 aromatic heterocycles. The molecule has 3 nitrogen and oxygen atoms in total. The van der Waals surface area contributed by atoms with Crippen molar-refractivity contribution in [3.05, 3.63) is 50.6 Å². The first kappa shape index (κ1) is 17.1. The molecule has 0 bridgehead atoms. The molecule has 0 saturated heterocycles. The van der Waals surface area contributed by atoms with Crippen molar-refractivity contribution in [3.8, 4) is 0 Å². The second kappa shape index (κ2) is 7.31. The Morgan fingerprint density at radius 3 is 2.38 bits per heavy atom. The third-order valence-electron chi connectivity index (χ3n) is 2.75. The average Bonchev–Trinajstić information content (AvgIpc) is 2.79. The molecule has 2 rings (SSSR count). The molecule has 1 atom stereocenters. The number of halogens is 3. The molecular weight excluding hydrogens is 373 g/mol. The molecule has 1 heterocycles. The van der Waals surface area contributed by atoms with Crippen LogP contribution in [0.2, 0.25) is 8.67 Å². The SMILES string of the molecule is O=S(=O)(NC(CCl)Cc1ccccc1)c1cc(Cl)sc1Cl. The maximum absolute atomic E-state index is 12.3. The highest BCUT2D eigenvalue weighted by molar-refractivity contribution is 7.89. The van der Waals surface area contributed by atoms with Crippen LogP contribution in [0.15, 0.2) is 41.3 Å². The van der Waals surface area contributed by atoms with Crippen LogP contribution in [0.5, 0.6) is 0 Å². The Balaban J connectivity index is 2.16. The Kier molecular flexibility index (Phi) is 5.94. The largest absolute Gasteiger partial charge is 0.243 e. The molecule has 0 radical (unpaired) electrons. The molecule has 0 aliphatic rings. The van der Waals surface area contributed by atoms with E-state index in [-0.39, 0.29) is 15.1 Å². The number of thiophene rings is 1. The molecule has 1 aromatic carbocycles. The molecule has 2 aromatic rings. The summed E-state index contributed by atoms with van der Waals surface area (Å²) in [4.78, 5) is -0.0117. The van der Waals surface area contributed by atoms with Gasteiger partial charge in [0.15, 0.2) is 0 Å². The lowest BCUT2D eigenvalue weighted by Gasteiger charge is -2.16. The quantitative estimate of drug-likeness (QED) is 0.759. The molecule has 8 heteroatoms. The maximum atomic E-state index is 12.3. The number of hydrogen-bond donors (Lipinski definition) is 1. The number of hydrogen-bond acceptors (Lipinski definition) is 3. The summed E-state index contributed by atoms with van der Waals surface area (Å²) in [6.07, 6.45) is 0.499. The van der Waals surface area contributed by atoms with Crippen LogP contribution >= 0.6 is 46.1 Å². The van der Waals surface area contributed by atoms with Crippen molar-refractivity contribution < 1.29 is 8.42 Å². The fraction of sp³-hybridized carbons (Fsp3) is 0.231. The molecule has 0 fully saturated rings. The van der Waals surface area contributed by atoms with E-state index in [9.17, 15) is 8.42 Å². The monoisotopic (exact) mass is 383 g/mol. The van der Waals surface area contributed by atoms with Crippen molar-refractivity contribution in [1.82, 2.24) is 4.72 Å². The first-order chi connectivity index (χ1) is 9.92. The minimum absolute atomic E-state index is 0.0117. The van der Waals surface area contributed by atoms with Gasteiger partial charge in [-0.3, -0.25) is 0 Å². The van der Waals surface area contributed by atoms with Crippen LogP contribution in [-0.4, -0.2) is 20.3 Å². The van der Waals surface area contributed by atoms with Gasteiger partial charge in [0.25, 0.3) is 0 Å². The first-order valence-electron chi connectivity index (χ1n) is 5.99. The molecular formula is C13H12Cl3NO2S2. The Hall–Kier alpha value is -0.300. The van der Waals surface area contributed by atoms with Gasteiger partial charge in [0, 0.05) is 11.9 Å². The third kappa shape index (κ3) is 4.58. The smallest absolute Gasteiger partial charge is 0.207 e. The lowest BCUT2D eigenvalue weighted by atomic mass is 10.1. The van der Waals surface area contributed by atoms with Gasteiger partial charge in [0.1, 0.15) is 9.23 Å². The van der Waals surface area contributed by atoms with Crippen LogP contribution in [0.25, 0.3) is 0 Å². The van der Waals surface area contributed by atoms with Gasteiger partial charge in [-0.05, 0) is 18.1 Å². The second-order valence-electron chi connectivity index (χ2n) is 4.35. The topological polar surface area (TPSA) is 46.2 Å². The standard InChI is InChI=1S/C13H12Cl3NO2S2/c14-8-10(6-9-4-2-1-3-5-9)17-21(18,19)11-7-12(15)20-13(11)16/h1-5,7,10,17H,6,8H2. The predicted octanol–water partition coefficient (Wildman–Crippen LogP) is 4.18. The lowest BCUT2D eigenvalue weighted by molar-refractivity contribution is 0.561. The van der Waals surface area contributed by atoms with Crippen molar-refractivity contribution >= 4 is 56.2 Å². The van der Waals surface area contributed by atoms with Gasteiger partial charge in [0.05, 0.1) is 4.34 Å².